The van der Waals surface area contributed by atoms with Gasteiger partial charge >= 0.3 is 0 Å². The zero-order valence-corrected chi connectivity index (χ0v) is 10.8. The standard InChI is InChI=1S/C15H22O2/c1-16-15(17-2)13-9-10-14(15)12-8-6-4-3-5-7-11(12)13/h3-4,9-14H,5-8H2,1-2H3/b4-3-. The zero-order valence-electron chi connectivity index (χ0n) is 10.8. The molecule has 0 aliphatic heterocycles. The highest BCUT2D eigenvalue weighted by atomic mass is 16.7. The van der Waals surface area contributed by atoms with E-state index in [2.05, 4.69) is 24.3 Å². The van der Waals surface area contributed by atoms with Crippen LogP contribution < -0.4 is 0 Å². The molecule has 0 spiro atoms. The van der Waals surface area contributed by atoms with Crippen LogP contribution >= 0.6 is 0 Å². The Kier molecular flexibility index (Phi) is 2.87. The molecule has 0 aromatic rings. The molecule has 4 atom stereocenters. The minimum atomic E-state index is -0.361. The third kappa shape index (κ3) is 1.47. The second kappa shape index (κ2) is 4.25. The van der Waals surface area contributed by atoms with Gasteiger partial charge in [-0.05, 0) is 37.5 Å². The van der Waals surface area contributed by atoms with Crippen molar-refractivity contribution in [2.45, 2.75) is 31.5 Å². The molecule has 0 N–H and O–H groups in total. The lowest BCUT2D eigenvalue weighted by atomic mass is 9.77. The van der Waals surface area contributed by atoms with Gasteiger partial charge in [-0.25, -0.2) is 0 Å². The summed E-state index contributed by atoms with van der Waals surface area (Å²) in [5.41, 5.74) is 0. The number of hydrogen-bond donors (Lipinski definition) is 0. The Bertz CT molecular complexity index is 313. The molecule has 2 bridgehead atoms. The molecule has 0 amide bonds. The van der Waals surface area contributed by atoms with Crippen molar-refractivity contribution in [1.82, 2.24) is 0 Å². The molecule has 0 aromatic carbocycles. The van der Waals surface area contributed by atoms with E-state index in [0.29, 0.717) is 11.8 Å². The average molecular weight is 234 g/mol. The predicted octanol–water partition coefficient (Wildman–Crippen LogP) is 3.15. The van der Waals surface area contributed by atoms with Crippen molar-refractivity contribution >= 4 is 0 Å². The summed E-state index contributed by atoms with van der Waals surface area (Å²) in [5.74, 6) is 2.04. The van der Waals surface area contributed by atoms with Gasteiger partial charge in [0.05, 0.1) is 0 Å². The molecule has 0 radical (unpaired) electrons. The summed E-state index contributed by atoms with van der Waals surface area (Å²) in [4.78, 5) is 0. The Morgan fingerprint density at radius 2 is 1.35 bits per heavy atom. The van der Waals surface area contributed by atoms with E-state index in [1.54, 1.807) is 14.2 Å². The molecule has 2 nitrogen and oxygen atoms in total. The molecule has 17 heavy (non-hydrogen) atoms. The zero-order chi connectivity index (χ0) is 11.9. The summed E-state index contributed by atoms with van der Waals surface area (Å²) in [7, 11) is 3.60. The van der Waals surface area contributed by atoms with E-state index < -0.39 is 0 Å². The number of rotatable bonds is 2. The SMILES string of the molecule is COC1(OC)C2C=CC1C1CC/C=C\CCC12. The molecule has 3 aliphatic carbocycles. The molecule has 94 valence electrons. The molecule has 0 aromatic heterocycles. The highest BCUT2D eigenvalue weighted by Crippen LogP contribution is 2.59. The van der Waals surface area contributed by atoms with Gasteiger partial charge in [-0.1, -0.05) is 24.3 Å². The Balaban J connectivity index is 1.92. The van der Waals surface area contributed by atoms with E-state index in [4.69, 9.17) is 9.47 Å². The van der Waals surface area contributed by atoms with Crippen LogP contribution in [0.5, 0.6) is 0 Å². The number of methoxy groups -OCH3 is 2. The van der Waals surface area contributed by atoms with Crippen LogP contribution in [0.3, 0.4) is 0 Å². The number of fused-ring (bicyclic) bond motifs is 5. The van der Waals surface area contributed by atoms with Gasteiger partial charge < -0.3 is 9.47 Å². The van der Waals surface area contributed by atoms with Gasteiger partial charge in [-0.3, -0.25) is 0 Å². The van der Waals surface area contributed by atoms with E-state index in [1.807, 2.05) is 0 Å². The van der Waals surface area contributed by atoms with Crippen LogP contribution in [0.4, 0.5) is 0 Å². The second-order valence-electron chi connectivity index (χ2n) is 5.52. The van der Waals surface area contributed by atoms with E-state index in [-0.39, 0.29) is 5.79 Å². The summed E-state index contributed by atoms with van der Waals surface area (Å²) in [5, 5.41) is 0. The van der Waals surface area contributed by atoms with Crippen LogP contribution in [0.2, 0.25) is 0 Å². The number of allylic oxidation sites excluding steroid dienone is 2. The monoisotopic (exact) mass is 234 g/mol. The molecule has 1 fully saturated rings. The minimum absolute atomic E-state index is 0.361. The first kappa shape index (κ1) is 11.5. The van der Waals surface area contributed by atoms with E-state index in [9.17, 15) is 0 Å². The van der Waals surface area contributed by atoms with Crippen molar-refractivity contribution in [3.63, 3.8) is 0 Å². The average Bonchev–Trinajstić information content (AvgIpc) is 2.78. The van der Waals surface area contributed by atoms with Crippen molar-refractivity contribution < 1.29 is 9.47 Å². The molecule has 3 rings (SSSR count). The molecule has 1 saturated carbocycles. The van der Waals surface area contributed by atoms with Crippen molar-refractivity contribution in [3.8, 4) is 0 Å². The Labute approximate surface area is 104 Å². The van der Waals surface area contributed by atoms with Gasteiger partial charge in [0.1, 0.15) is 0 Å². The first-order chi connectivity index (χ1) is 8.33. The Morgan fingerprint density at radius 1 is 0.882 bits per heavy atom. The molecular weight excluding hydrogens is 212 g/mol. The Morgan fingerprint density at radius 3 is 1.76 bits per heavy atom. The van der Waals surface area contributed by atoms with E-state index in [1.165, 1.54) is 25.7 Å². The third-order valence-corrected chi connectivity index (χ3v) is 5.07. The first-order valence-electron chi connectivity index (χ1n) is 6.77. The van der Waals surface area contributed by atoms with Crippen molar-refractivity contribution in [1.29, 1.82) is 0 Å². The lowest BCUT2D eigenvalue weighted by Gasteiger charge is -2.32. The lowest BCUT2D eigenvalue weighted by molar-refractivity contribution is -0.234. The van der Waals surface area contributed by atoms with Crippen LogP contribution in [0, 0.1) is 23.7 Å². The molecular formula is C15H22O2. The fourth-order valence-electron chi connectivity index (χ4n) is 4.37. The van der Waals surface area contributed by atoms with Crippen molar-refractivity contribution in [2.24, 2.45) is 23.7 Å². The summed E-state index contributed by atoms with van der Waals surface area (Å²) in [6.45, 7) is 0. The third-order valence-electron chi connectivity index (χ3n) is 5.07. The first-order valence-corrected chi connectivity index (χ1v) is 6.77. The topological polar surface area (TPSA) is 18.5 Å². The van der Waals surface area contributed by atoms with Crippen LogP contribution in [0.25, 0.3) is 0 Å². The number of hydrogen-bond acceptors (Lipinski definition) is 2. The summed E-state index contributed by atoms with van der Waals surface area (Å²) >= 11 is 0. The maximum Gasteiger partial charge on any atom is 0.180 e. The van der Waals surface area contributed by atoms with Crippen LogP contribution in [-0.4, -0.2) is 20.0 Å². The predicted molar refractivity (Wildman–Crippen MR) is 67.5 cm³/mol. The van der Waals surface area contributed by atoms with E-state index >= 15 is 0 Å². The quantitative estimate of drug-likeness (QED) is 0.540. The van der Waals surface area contributed by atoms with Gasteiger partial charge in [0.25, 0.3) is 0 Å². The van der Waals surface area contributed by atoms with Gasteiger partial charge in [0.15, 0.2) is 5.79 Å². The fourth-order valence-corrected chi connectivity index (χ4v) is 4.37. The van der Waals surface area contributed by atoms with Gasteiger partial charge in [0.2, 0.25) is 0 Å². The number of ether oxygens (including phenoxy) is 2. The maximum absolute atomic E-state index is 5.80. The summed E-state index contributed by atoms with van der Waals surface area (Å²) in [6.07, 6.45) is 14.3. The molecule has 2 heteroatoms. The Hall–Kier alpha value is -0.600. The fraction of sp³-hybridized carbons (Fsp3) is 0.733. The summed E-state index contributed by atoms with van der Waals surface area (Å²) < 4.78 is 11.6. The molecule has 3 aliphatic rings. The van der Waals surface area contributed by atoms with Gasteiger partial charge in [0, 0.05) is 26.1 Å². The van der Waals surface area contributed by atoms with Crippen LogP contribution in [0.1, 0.15) is 25.7 Å². The van der Waals surface area contributed by atoms with Crippen LogP contribution in [-0.2, 0) is 9.47 Å². The highest BCUT2D eigenvalue weighted by molar-refractivity contribution is 5.23. The molecule has 0 saturated heterocycles. The van der Waals surface area contributed by atoms with Crippen LogP contribution in [0.15, 0.2) is 24.3 Å². The second-order valence-corrected chi connectivity index (χ2v) is 5.52. The molecule has 4 unspecified atom stereocenters. The van der Waals surface area contributed by atoms with E-state index in [0.717, 1.165) is 11.8 Å². The lowest BCUT2D eigenvalue weighted by Crippen LogP contribution is -2.40. The van der Waals surface area contributed by atoms with Crippen molar-refractivity contribution in [3.05, 3.63) is 24.3 Å². The normalized spacial score (nSPS) is 44.1. The highest BCUT2D eigenvalue weighted by Gasteiger charge is 2.61. The smallest absolute Gasteiger partial charge is 0.180 e. The maximum atomic E-state index is 5.80. The van der Waals surface area contributed by atoms with Gasteiger partial charge in [-0.15, -0.1) is 0 Å². The minimum Gasteiger partial charge on any atom is -0.352 e. The molecule has 0 heterocycles. The summed E-state index contributed by atoms with van der Waals surface area (Å²) in [6, 6.07) is 0. The van der Waals surface area contributed by atoms with Gasteiger partial charge in [-0.2, -0.15) is 0 Å². The largest absolute Gasteiger partial charge is 0.352 e. The van der Waals surface area contributed by atoms with Crippen molar-refractivity contribution in [2.75, 3.05) is 14.2 Å².